The molecule has 126 valence electrons. The maximum Gasteiger partial charge on any atom is 0.313 e. The van der Waals surface area contributed by atoms with E-state index < -0.39 is 11.8 Å². The fourth-order valence-corrected chi connectivity index (χ4v) is 2.05. The summed E-state index contributed by atoms with van der Waals surface area (Å²) in [5.41, 5.74) is 1.78. The molecule has 6 nitrogen and oxygen atoms in total. The molecule has 1 aromatic carbocycles. The molecule has 0 saturated heterocycles. The van der Waals surface area contributed by atoms with E-state index in [1.54, 1.807) is 18.3 Å². The van der Waals surface area contributed by atoms with Gasteiger partial charge < -0.3 is 16.0 Å². The van der Waals surface area contributed by atoms with Crippen LogP contribution in [0.15, 0.2) is 48.7 Å². The predicted octanol–water partition coefficient (Wildman–Crippen LogP) is 2.37. The normalized spacial score (nSPS) is 10.3. The molecule has 3 N–H and O–H groups in total. The highest BCUT2D eigenvalue weighted by Gasteiger charge is 2.13. The van der Waals surface area contributed by atoms with E-state index in [1.807, 2.05) is 30.3 Å². The molecule has 0 spiro atoms. The van der Waals surface area contributed by atoms with Crippen molar-refractivity contribution in [3.8, 4) is 0 Å². The molecule has 1 heterocycles. The Morgan fingerprint density at radius 3 is 2.38 bits per heavy atom. The second kappa shape index (κ2) is 8.67. The summed E-state index contributed by atoms with van der Waals surface area (Å²) >= 11 is 0. The minimum absolute atomic E-state index is 0.328. The molecule has 24 heavy (non-hydrogen) atoms. The second-order valence-electron chi connectivity index (χ2n) is 5.63. The van der Waals surface area contributed by atoms with Gasteiger partial charge in [0.25, 0.3) is 0 Å². The number of aromatic nitrogens is 1. The van der Waals surface area contributed by atoms with Crippen LogP contribution in [-0.2, 0) is 9.59 Å². The van der Waals surface area contributed by atoms with Crippen molar-refractivity contribution >= 4 is 23.3 Å². The SMILES string of the molecule is CC(C)c1ccc(NC(=O)C(=O)NCCNc2ccccn2)cc1. The first kappa shape index (κ1) is 17.5. The van der Waals surface area contributed by atoms with Gasteiger partial charge in [0, 0.05) is 25.0 Å². The molecular weight excluding hydrogens is 304 g/mol. The summed E-state index contributed by atoms with van der Waals surface area (Å²) in [6.07, 6.45) is 1.68. The van der Waals surface area contributed by atoms with Gasteiger partial charge in [0.05, 0.1) is 0 Å². The van der Waals surface area contributed by atoms with Crippen LogP contribution in [0.3, 0.4) is 0 Å². The number of nitrogens with one attached hydrogen (secondary N) is 3. The van der Waals surface area contributed by atoms with E-state index in [0.717, 1.165) is 5.82 Å². The molecule has 0 aliphatic rings. The van der Waals surface area contributed by atoms with Crippen molar-refractivity contribution in [3.05, 3.63) is 54.2 Å². The Kier molecular flexibility index (Phi) is 6.31. The number of benzene rings is 1. The molecule has 2 rings (SSSR count). The molecular formula is C18H22N4O2. The monoisotopic (exact) mass is 326 g/mol. The first-order valence-corrected chi connectivity index (χ1v) is 7.90. The largest absolute Gasteiger partial charge is 0.368 e. The maximum atomic E-state index is 11.8. The quantitative estimate of drug-likeness (QED) is 0.562. The zero-order chi connectivity index (χ0) is 17.4. The van der Waals surface area contributed by atoms with E-state index in [9.17, 15) is 9.59 Å². The van der Waals surface area contributed by atoms with Gasteiger partial charge in [-0.2, -0.15) is 0 Å². The highest BCUT2D eigenvalue weighted by atomic mass is 16.2. The van der Waals surface area contributed by atoms with Crippen molar-refractivity contribution in [2.45, 2.75) is 19.8 Å². The van der Waals surface area contributed by atoms with Crippen LogP contribution < -0.4 is 16.0 Å². The van der Waals surface area contributed by atoms with Gasteiger partial charge >= 0.3 is 11.8 Å². The van der Waals surface area contributed by atoms with Gasteiger partial charge in [-0.3, -0.25) is 9.59 Å². The Labute approximate surface area is 141 Å². The first-order chi connectivity index (χ1) is 11.6. The average Bonchev–Trinajstić information content (AvgIpc) is 2.60. The summed E-state index contributed by atoms with van der Waals surface area (Å²) in [6, 6.07) is 13.0. The van der Waals surface area contributed by atoms with Crippen LogP contribution in [0, 0.1) is 0 Å². The molecule has 0 fully saturated rings. The fraction of sp³-hybridized carbons (Fsp3) is 0.278. The Morgan fingerprint density at radius 2 is 1.75 bits per heavy atom. The third-order valence-corrected chi connectivity index (χ3v) is 3.42. The molecule has 2 aromatic rings. The number of anilines is 2. The molecule has 1 aromatic heterocycles. The summed E-state index contributed by atoms with van der Waals surface area (Å²) in [4.78, 5) is 27.7. The number of hydrogen-bond donors (Lipinski definition) is 3. The predicted molar refractivity (Wildman–Crippen MR) is 94.9 cm³/mol. The topological polar surface area (TPSA) is 83.1 Å². The number of pyridine rings is 1. The number of nitrogens with zero attached hydrogens (tertiary/aromatic N) is 1. The molecule has 0 saturated carbocycles. The van der Waals surface area contributed by atoms with Crippen LogP contribution in [0.1, 0.15) is 25.3 Å². The van der Waals surface area contributed by atoms with Crippen LogP contribution >= 0.6 is 0 Å². The zero-order valence-corrected chi connectivity index (χ0v) is 13.9. The van der Waals surface area contributed by atoms with Crippen LogP contribution in [-0.4, -0.2) is 29.9 Å². The number of rotatable bonds is 6. The van der Waals surface area contributed by atoms with Gasteiger partial charge in [-0.1, -0.05) is 32.0 Å². The van der Waals surface area contributed by atoms with Crippen LogP contribution in [0.4, 0.5) is 11.5 Å². The molecule has 0 atom stereocenters. The zero-order valence-electron chi connectivity index (χ0n) is 13.9. The third-order valence-electron chi connectivity index (χ3n) is 3.42. The summed E-state index contributed by atoms with van der Waals surface area (Å²) in [7, 11) is 0. The maximum absolute atomic E-state index is 11.8. The number of amides is 2. The fourth-order valence-electron chi connectivity index (χ4n) is 2.05. The Morgan fingerprint density at radius 1 is 1.00 bits per heavy atom. The highest BCUT2D eigenvalue weighted by Crippen LogP contribution is 2.16. The standard InChI is InChI=1S/C18H22N4O2/c1-13(2)14-6-8-15(9-7-14)22-18(24)17(23)21-12-11-20-16-5-3-4-10-19-16/h3-10,13H,11-12H2,1-2H3,(H,19,20)(H,21,23)(H,22,24). The van der Waals surface area contributed by atoms with Gasteiger partial charge in [0.15, 0.2) is 0 Å². The van der Waals surface area contributed by atoms with E-state index in [0.29, 0.717) is 24.7 Å². The molecule has 0 aliphatic heterocycles. The van der Waals surface area contributed by atoms with Crippen molar-refractivity contribution in [1.29, 1.82) is 0 Å². The first-order valence-electron chi connectivity index (χ1n) is 7.90. The number of carbonyl (C=O) groups excluding carboxylic acids is 2. The average molecular weight is 326 g/mol. The third kappa shape index (κ3) is 5.39. The number of carbonyl (C=O) groups is 2. The van der Waals surface area contributed by atoms with Crippen molar-refractivity contribution in [2.24, 2.45) is 0 Å². The van der Waals surface area contributed by atoms with Gasteiger partial charge in [-0.25, -0.2) is 4.98 Å². The molecule has 0 bridgehead atoms. The number of hydrogen-bond acceptors (Lipinski definition) is 4. The van der Waals surface area contributed by atoms with Gasteiger partial charge in [0.1, 0.15) is 5.82 Å². The van der Waals surface area contributed by atoms with Gasteiger partial charge in [-0.05, 0) is 35.7 Å². The lowest BCUT2D eigenvalue weighted by Gasteiger charge is -2.09. The minimum Gasteiger partial charge on any atom is -0.368 e. The smallest absolute Gasteiger partial charge is 0.313 e. The molecule has 0 radical (unpaired) electrons. The lowest BCUT2D eigenvalue weighted by atomic mass is 10.0. The van der Waals surface area contributed by atoms with Crippen LogP contribution in [0.25, 0.3) is 0 Å². The van der Waals surface area contributed by atoms with Gasteiger partial charge in [0.2, 0.25) is 0 Å². The van der Waals surface area contributed by atoms with Crippen LogP contribution in [0.2, 0.25) is 0 Å². The molecule has 0 aliphatic carbocycles. The lowest BCUT2D eigenvalue weighted by molar-refractivity contribution is -0.136. The van der Waals surface area contributed by atoms with Crippen LogP contribution in [0.5, 0.6) is 0 Å². The van der Waals surface area contributed by atoms with E-state index >= 15 is 0 Å². The van der Waals surface area contributed by atoms with E-state index in [1.165, 1.54) is 5.56 Å². The molecule has 0 unspecified atom stereocenters. The highest BCUT2D eigenvalue weighted by molar-refractivity contribution is 6.39. The van der Waals surface area contributed by atoms with Crippen molar-refractivity contribution < 1.29 is 9.59 Å². The van der Waals surface area contributed by atoms with Gasteiger partial charge in [-0.15, -0.1) is 0 Å². The summed E-state index contributed by atoms with van der Waals surface area (Å²) in [5.74, 6) is -0.193. The van der Waals surface area contributed by atoms with Crippen molar-refractivity contribution in [3.63, 3.8) is 0 Å². The van der Waals surface area contributed by atoms with Crippen molar-refractivity contribution in [1.82, 2.24) is 10.3 Å². The summed E-state index contributed by atoms with van der Waals surface area (Å²) in [5, 5.41) is 8.19. The Bertz CT molecular complexity index is 669. The van der Waals surface area contributed by atoms with E-state index in [4.69, 9.17) is 0 Å². The summed E-state index contributed by atoms with van der Waals surface area (Å²) < 4.78 is 0. The van der Waals surface area contributed by atoms with Crippen molar-refractivity contribution in [2.75, 3.05) is 23.7 Å². The molecule has 2 amide bonds. The van der Waals surface area contributed by atoms with E-state index in [-0.39, 0.29) is 0 Å². The minimum atomic E-state index is -0.676. The lowest BCUT2D eigenvalue weighted by Crippen LogP contribution is -2.37. The van der Waals surface area contributed by atoms with E-state index in [2.05, 4.69) is 34.8 Å². The Balaban J connectivity index is 1.72. The summed E-state index contributed by atoms with van der Waals surface area (Å²) in [6.45, 7) is 5.01. The molecule has 6 heteroatoms. The Hall–Kier alpha value is -2.89. The second-order valence-corrected chi connectivity index (χ2v) is 5.63.